The maximum Gasteiger partial charge on any atom is 0.407 e. The van der Waals surface area contributed by atoms with Crippen LogP contribution in [0.1, 0.15) is 86.0 Å². The molecular weight excluding hydrogens is 725 g/mol. The van der Waals surface area contributed by atoms with Crippen LogP contribution in [0.5, 0.6) is 0 Å². The Bertz CT molecular complexity index is 2290. The molecule has 2 aliphatic heterocycles. The Morgan fingerprint density at radius 1 is 0.877 bits per heavy atom. The van der Waals surface area contributed by atoms with Crippen LogP contribution < -0.4 is 5.32 Å². The van der Waals surface area contributed by atoms with Crippen molar-refractivity contribution in [2.24, 2.45) is 10.9 Å². The highest BCUT2D eigenvalue weighted by Gasteiger charge is 2.38. The van der Waals surface area contributed by atoms with Gasteiger partial charge in [-0.1, -0.05) is 68.2 Å². The number of imidazole rings is 2. The topological polar surface area (TPSA) is 167 Å². The zero-order chi connectivity index (χ0) is 39.9. The molecule has 7 rings (SSSR count). The van der Waals surface area contributed by atoms with Crippen LogP contribution in [-0.2, 0) is 24.1 Å². The molecule has 294 valence electrons. The van der Waals surface area contributed by atoms with Crippen LogP contribution in [0.3, 0.4) is 0 Å². The third-order valence-corrected chi connectivity index (χ3v) is 10.4. The van der Waals surface area contributed by atoms with Crippen molar-refractivity contribution in [3.63, 3.8) is 0 Å². The number of aromatic nitrogens is 4. The first-order valence-electron chi connectivity index (χ1n) is 19.1. The van der Waals surface area contributed by atoms with Gasteiger partial charge in [-0.15, -0.1) is 0 Å². The van der Waals surface area contributed by atoms with Crippen LogP contribution in [0.2, 0.25) is 0 Å². The molecule has 57 heavy (non-hydrogen) atoms. The third kappa shape index (κ3) is 8.69. The molecule has 3 amide bonds. The number of aliphatic imine (C=N–C) groups is 1. The molecule has 2 fully saturated rings. The van der Waals surface area contributed by atoms with Crippen LogP contribution in [0.25, 0.3) is 22.3 Å². The molecule has 14 nitrogen and oxygen atoms in total. The average molecular weight is 771 g/mol. The lowest BCUT2D eigenvalue weighted by Crippen LogP contribution is -2.51. The number of aromatic amines is 2. The molecule has 2 saturated heterocycles. The summed E-state index contributed by atoms with van der Waals surface area (Å²) in [6, 6.07) is 21.3. The van der Waals surface area contributed by atoms with Crippen LogP contribution >= 0.6 is 0 Å². The van der Waals surface area contributed by atoms with Crippen molar-refractivity contribution in [2.45, 2.75) is 63.7 Å². The van der Waals surface area contributed by atoms with E-state index in [1.165, 1.54) is 14.2 Å². The highest BCUT2D eigenvalue weighted by Crippen LogP contribution is 2.35. The molecule has 5 aromatic rings. The number of nitrogens with one attached hydrogen (secondary N) is 3. The quantitative estimate of drug-likeness (QED) is 0.0456. The Morgan fingerprint density at radius 3 is 2.26 bits per heavy atom. The minimum absolute atomic E-state index is 0.108. The van der Waals surface area contributed by atoms with E-state index < -0.39 is 18.2 Å². The fraction of sp³-hybridized carbons (Fsp3) is 0.349. The van der Waals surface area contributed by atoms with Gasteiger partial charge in [0.2, 0.25) is 12.3 Å². The Kier molecular flexibility index (Phi) is 12.0. The van der Waals surface area contributed by atoms with E-state index in [-0.39, 0.29) is 29.8 Å². The first-order chi connectivity index (χ1) is 27.7. The molecule has 0 unspecified atom stereocenters. The number of nitrogens with zero attached hydrogens (tertiary/aromatic N) is 5. The average Bonchev–Trinajstić information content (AvgIpc) is 4.07. The van der Waals surface area contributed by atoms with Crippen LogP contribution in [0.4, 0.5) is 4.79 Å². The standard InChI is InChI=1S/C43H46N8O6/c1-27(2)37(49-43(54)55-3)41(52)50-22-8-12-35(50)39-44-25-34(48-39)30-19-16-28(17-20-30)14-15-29-18-21-32-33(24-29)47-40(46-32)36-13-9-23-51(36)42(53)38(45-26-57-56-4)31-10-6-5-7-11-31/h5-7,10-11,16-21,24-27,35-38H,8-9,12-13,22-23H2,1-4H3,(H,44,48)(H,46,47)(H,49,54)/t35-,36-,37+,38+/m0/s1. The van der Waals surface area contributed by atoms with Gasteiger partial charge in [-0.3, -0.25) is 9.59 Å². The number of methoxy groups -OCH3 is 1. The number of ether oxygens (including phenoxy) is 1. The van der Waals surface area contributed by atoms with Crippen molar-refractivity contribution in [3.8, 4) is 23.1 Å². The first kappa shape index (κ1) is 38.8. The summed E-state index contributed by atoms with van der Waals surface area (Å²) in [5.74, 6) is 7.59. The fourth-order valence-electron chi connectivity index (χ4n) is 7.52. The second kappa shape index (κ2) is 17.6. The van der Waals surface area contributed by atoms with E-state index in [4.69, 9.17) is 14.6 Å². The number of benzene rings is 3. The van der Waals surface area contributed by atoms with Crippen molar-refractivity contribution in [1.29, 1.82) is 0 Å². The molecule has 2 aromatic heterocycles. The molecular formula is C43H46N8O6. The minimum atomic E-state index is -0.777. The summed E-state index contributed by atoms with van der Waals surface area (Å²) < 4.78 is 4.75. The zero-order valence-electron chi connectivity index (χ0n) is 32.4. The third-order valence-electron chi connectivity index (χ3n) is 10.4. The highest BCUT2D eigenvalue weighted by molar-refractivity contribution is 5.87. The second-order valence-corrected chi connectivity index (χ2v) is 14.4. The Balaban J connectivity index is 1.02. The van der Waals surface area contributed by atoms with E-state index in [1.807, 2.05) is 91.5 Å². The minimum Gasteiger partial charge on any atom is -0.453 e. The summed E-state index contributed by atoms with van der Waals surface area (Å²) in [5.41, 5.74) is 5.86. The molecule has 4 atom stereocenters. The molecule has 0 aliphatic carbocycles. The van der Waals surface area contributed by atoms with Gasteiger partial charge in [-0.2, -0.15) is 4.89 Å². The molecule has 0 saturated carbocycles. The van der Waals surface area contributed by atoms with Crippen molar-refractivity contribution in [1.82, 2.24) is 35.1 Å². The van der Waals surface area contributed by atoms with Gasteiger partial charge >= 0.3 is 6.09 Å². The number of carbonyl (C=O) groups excluding carboxylic acids is 3. The Morgan fingerprint density at radius 2 is 1.56 bits per heavy atom. The van der Waals surface area contributed by atoms with Crippen molar-refractivity contribution in [3.05, 3.63) is 107 Å². The normalized spacial score (nSPS) is 17.8. The Labute approximate surface area is 331 Å². The van der Waals surface area contributed by atoms with Gasteiger partial charge in [-0.25, -0.2) is 19.8 Å². The van der Waals surface area contributed by atoms with Gasteiger partial charge in [0.25, 0.3) is 5.91 Å². The first-order valence-corrected chi connectivity index (χ1v) is 19.1. The molecule has 4 heterocycles. The predicted molar refractivity (Wildman–Crippen MR) is 213 cm³/mol. The van der Waals surface area contributed by atoms with Crippen LogP contribution in [-0.4, -0.2) is 87.4 Å². The van der Waals surface area contributed by atoms with Gasteiger partial charge in [-0.05, 0) is 73.1 Å². The van der Waals surface area contributed by atoms with Crippen LogP contribution in [0, 0.1) is 17.8 Å². The number of fused-ring (bicyclic) bond motifs is 1. The summed E-state index contributed by atoms with van der Waals surface area (Å²) in [6.45, 7) is 4.98. The molecule has 0 radical (unpaired) electrons. The molecule has 2 aliphatic rings. The number of hydrogen-bond donors (Lipinski definition) is 3. The number of H-pyrrole nitrogens is 2. The van der Waals surface area contributed by atoms with Crippen molar-refractivity contribution < 1.29 is 28.9 Å². The van der Waals surface area contributed by atoms with Crippen molar-refractivity contribution >= 4 is 35.3 Å². The number of likely N-dealkylation sites (tertiary alicyclic amines) is 2. The van der Waals surface area contributed by atoms with Gasteiger partial charge in [0, 0.05) is 24.2 Å². The van der Waals surface area contributed by atoms with Gasteiger partial charge in [0.15, 0.2) is 6.04 Å². The van der Waals surface area contributed by atoms with E-state index in [0.29, 0.717) is 18.9 Å². The van der Waals surface area contributed by atoms with Gasteiger partial charge in [0.05, 0.1) is 49.2 Å². The summed E-state index contributed by atoms with van der Waals surface area (Å²) in [7, 11) is 2.67. The van der Waals surface area contributed by atoms with Gasteiger partial charge in [0.1, 0.15) is 17.7 Å². The highest BCUT2D eigenvalue weighted by atomic mass is 17.2. The second-order valence-electron chi connectivity index (χ2n) is 14.4. The fourth-order valence-corrected chi connectivity index (χ4v) is 7.52. The predicted octanol–water partition coefficient (Wildman–Crippen LogP) is 6.41. The van der Waals surface area contributed by atoms with Crippen molar-refractivity contribution in [2.75, 3.05) is 27.3 Å². The van der Waals surface area contributed by atoms with E-state index in [1.54, 1.807) is 11.1 Å². The molecule has 3 N–H and O–H groups in total. The number of rotatable bonds is 11. The Hall–Kier alpha value is -6.46. The summed E-state index contributed by atoms with van der Waals surface area (Å²) in [6.07, 6.45) is 5.56. The molecule has 3 aromatic carbocycles. The number of alkyl carbamates (subject to hydrolysis) is 1. The smallest absolute Gasteiger partial charge is 0.407 e. The number of hydrogen-bond acceptors (Lipinski definition) is 9. The largest absolute Gasteiger partial charge is 0.453 e. The maximum absolute atomic E-state index is 13.9. The summed E-state index contributed by atoms with van der Waals surface area (Å²) in [4.78, 5) is 73.3. The van der Waals surface area contributed by atoms with Crippen LogP contribution in [0.15, 0.2) is 84.0 Å². The number of carbonyl (C=O) groups is 3. The lowest BCUT2D eigenvalue weighted by molar-refractivity contribution is -0.188. The maximum atomic E-state index is 13.9. The van der Waals surface area contributed by atoms with E-state index >= 15 is 0 Å². The van der Waals surface area contributed by atoms with E-state index in [9.17, 15) is 14.4 Å². The number of amides is 3. The van der Waals surface area contributed by atoms with E-state index in [2.05, 4.69) is 42.0 Å². The monoisotopic (exact) mass is 770 g/mol. The molecule has 0 spiro atoms. The van der Waals surface area contributed by atoms with E-state index in [0.717, 1.165) is 76.9 Å². The molecule has 14 heteroatoms. The lowest BCUT2D eigenvalue weighted by atomic mass is 10.0. The van der Waals surface area contributed by atoms with Gasteiger partial charge < -0.3 is 34.7 Å². The summed E-state index contributed by atoms with van der Waals surface area (Å²) >= 11 is 0. The SMILES string of the molecule is COOC=N[C@@H](C(=O)N1CCC[C@H]1c1nc2ccc(C#Cc3ccc(-c4cnc([C@@H]5CCCN5C(=O)[C@H](NC(=O)OC)C(C)C)[nH]4)cc3)cc2[nH]1)c1ccccc1. The summed E-state index contributed by atoms with van der Waals surface area (Å²) in [5, 5.41) is 2.69. The lowest BCUT2D eigenvalue weighted by Gasteiger charge is -2.30. The zero-order valence-corrected chi connectivity index (χ0v) is 32.4. The molecule has 0 bridgehead atoms.